The molecule has 9 heteroatoms. The molecule has 1 aliphatic rings. The van der Waals surface area contributed by atoms with E-state index in [4.69, 9.17) is 0 Å². The summed E-state index contributed by atoms with van der Waals surface area (Å²) in [5.74, 6) is -0.892. The van der Waals surface area contributed by atoms with E-state index in [2.05, 4.69) is 15.0 Å². The van der Waals surface area contributed by atoms with Crippen LogP contribution in [0.4, 0.5) is 17.6 Å². The first kappa shape index (κ1) is 22.8. The zero-order valence-corrected chi connectivity index (χ0v) is 17.9. The zero-order chi connectivity index (χ0) is 23.6. The number of carbonyl (C=O) groups is 1. The molecule has 0 bridgehead atoms. The highest BCUT2D eigenvalue weighted by Crippen LogP contribution is 2.40. The second kappa shape index (κ2) is 8.88. The van der Waals surface area contributed by atoms with E-state index in [1.54, 1.807) is 54.7 Å². The number of nitrogens with zero attached hydrogens (tertiary/aromatic N) is 4. The van der Waals surface area contributed by atoms with Crippen LogP contribution in [-0.2, 0) is 6.18 Å². The predicted octanol–water partition coefficient (Wildman–Crippen LogP) is 5.31. The summed E-state index contributed by atoms with van der Waals surface area (Å²) < 4.78 is 54.1. The predicted molar refractivity (Wildman–Crippen MR) is 114 cm³/mol. The van der Waals surface area contributed by atoms with E-state index in [0.29, 0.717) is 16.8 Å². The number of likely N-dealkylation sites (tertiary alicyclic amines) is 1. The average Bonchev–Trinajstić information content (AvgIpc) is 2.84. The van der Waals surface area contributed by atoms with Gasteiger partial charge in [0, 0.05) is 49.4 Å². The van der Waals surface area contributed by atoms with Crippen LogP contribution in [0, 0.1) is 0 Å². The average molecular weight is 458 g/mol. The number of alkyl halides is 4. The van der Waals surface area contributed by atoms with E-state index in [1.807, 2.05) is 0 Å². The highest BCUT2D eigenvalue weighted by molar-refractivity contribution is 5.99. The van der Waals surface area contributed by atoms with Crippen LogP contribution in [-0.4, -0.2) is 44.5 Å². The molecule has 0 aliphatic carbocycles. The molecule has 0 unspecified atom stereocenters. The van der Waals surface area contributed by atoms with Gasteiger partial charge in [0.1, 0.15) is 11.4 Å². The number of halogens is 4. The molecule has 0 saturated carbocycles. The molecule has 172 valence electrons. The number of amides is 1. The van der Waals surface area contributed by atoms with Crippen LogP contribution in [0.5, 0.6) is 0 Å². The summed E-state index contributed by atoms with van der Waals surface area (Å²) in [4.78, 5) is 26.6. The van der Waals surface area contributed by atoms with Crippen LogP contribution in [0.25, 0.3) is 11.3 Å². The van der Waals surface area contributed by atoms with Crippen molar-refractivity contribution in [2.75, 3.05) is 13.1 Å². The fourth-order valence-electron chi connectivity index (χ4n) is 4.13. The van der Waals surface area contributed by atoms with E-state index in [1.165, 1.54) is 6.07 Å². The molecule has 5 nitrogen and oxygen atoms in total. The maximum atomic E-state index is 15.8. The molecular formula is C24H22F4N4O. The molecule has 4 heterocycles. The summed E-state index contributed by atoms with van der Waals surface area (Å²) in [5.41, 5.74) is -0.539. The van der Waals surface area contributed by atoms with Gasteiger partial charge in [-0.15, -0.1) is 0 Å². The minimum atomic E-state index is -4.54. The summed E-state index contributed by atoms with van der Waals surface area (Å²) in [6.07, 6.45) is 1.54. The molecule has 33 heavy (non-hydrogen) atoms. The lowest BCUT2D eigenvalue weighted by Gasteiger charge is -2.40. The minimum absolute atomic E-state index is 0.0752. The van der Waals surface area contributed by atoms with Crippen molar-refractivity contribution >= 4 is 5.91 Å². The smallest absolute Gasteiger partial charge is 0.338 e. The third-order valence-electron chi connectivity index (χ3n) is 6.23. The lowest BCUT2D eigenvalue weighted by molar-refractivity contribution is -0.141. The van der Waals surface area contributed by atoms with Gasteiger partial charge in [-0.3, -0.25) is 19.7 Å². The first-order chi connectivity index (χ1) is 15.7. The third-order valence-corrected chi connectivity index (χ3v) is 6.23. The van der Waals surface area contributed by atoms with Crippen molar-refractivity contribution in [3.8, 4) is 11.3 Å². The molecule has 0 spiro atoms. The molecule has 4 rings (SSSR count). The first-order valence-electron chi connectivity index (χ1n) is 10.6. The summed E-state index contributed by atoms with van der Waals surface area (Å²) in [7, 11) is 0. The van der Waals surface area contributed by atoms with Crippen LogP contribution in [0.2, 0.25) is 0 Å². The second-order valence-electron chi connectivity index (χ2n) is 8.16. The van der Waals surface area contributed by atoms with Gasteiger partial charge in [-0.2, -0.15) is 13.2 Å². The number of aromatic nitrogens is 3. The van der Waals surface area contributed by atoms with Crippen LogP contribution in [0.15, 0.2) is 61.2 Å². The molecule has 3 aromatic heterocycles. The fraction of sp³-hybridized carbons (Fsp3) is 0.333. The number of rotatable bonds is 4. The number of pyridine rings is 3. The molecule has 0 radical (unpaired) electrons. The van der Waals surface area contributed by atoms with Gasteiger partial charge in [0.2, 0.25) is 0 Å². The van der Waals surface area contributed by atoms with Crippen molar-refractivity contribution < 1.29 is 22.4 Å². The van der Waals surface area contributed by atoms with Crippen LogP contribution < -0.4 is 0 Å². The Labute approximate surface area is 188 Å². The van der Waals surface area contributed by atoms with Crippen LogP contribution in [0.1, 0.15) is 47.3 Å². The minimum Gasteiger partial charge on any atom is -0.338 e. The van der Waals surface area contributed by atoms with E-state index in [9.17, 15) is 18.0 Å². The normalized spacial score (nSPS) is 16.9. The Morgan fingerprint density at radius 3 is 2.33 bits per heavy atom. The van der Waals surface area contributed by atoms with Crippen molar-refractivity contribution in [2.45, 2.75) is 37.5 Å². The lowest BCUT2D eigenvalue weighted by atomic mass is 9.78. The Hall–Kier alpha value is -3.36. The monoisotopic (exact) mass is 458 g/mol. The summed E-state index contributed by atoms with van der Waals surface area (Å²) in [5, 5.41) is 0. The number of piperidine rings is 1. The first-order valence-corrected chi connectivity index (χ1v) is 10.6. The number of hydrogen-bond donors (Lipinski definition) is 0. The highest BCUT2D eigenvalue weighted by Gasteiger charge is 2.42. The van der Waals surface area contributed by atoms with Gasteiger partial charge in [0.15, 0.2) is 0 Å². The van der Waals surface area contributed by atoms with Crippen molar-refractivity contribution in [1.29, 1.82) is 0 Å². The van der Waals surface area contributed by atoms with Gasteiger partial charge < -0.3 is 4.90 Å². The Kier molecular flexibility index (Phi) is 6.14. The Bertz CT molecular complexity index is 1110. The number of hydrogen-bond acceptors (Lipinski definition) is 4. The van der Waals surface area contributed by atoms with Crippen molar-refractivity contribution in [2.24, 2.45) is 0 Å². The Morgan fingerprint density at radius 2 is 1.73 bits per heavy atom. The highest BCUT2D eigenvalue weighted by atomic mass is 19.4. The summed E-state index contributed by atoms with van der Waals surface area (Å²) in [6, 6.07) is 9.05. The van der Waals surface area contributed by atoms with Crippen molar-refractivity contribution in [3.05, 3.63) is 78.0 Å². The quantitative estimate of drug-likeness (QED) is 0.498. The number of carbonyl (C=O) groups excluding carboxylic acids is 1. The molecule has 0 N–H and O–H groups in total. The van der Waals surface area contributed by atoms with Gasteiger partial charge in [0.05, 0.1) is 11.3 Å². The van der Waals surface area contributed by atoms with Crippen LogP contribution in [0.3, 0.4) is 0 Å². The lowest BCUT2D eigenvalue weighted by Crippen LogP contribution is -2.47. The topological polar surface area (TPSA) is 59.0 Å². The molecule has 1 atom stereocenters. The Balaban J connectivity index is 1.47. The van der Waals surface area contributed by atoms with Crippen molar-refractivity contribution in [3.63, 3.8) is 0 Å². The van der Waals surface area contributed by atoms with E-state index in [0.717, 1.165) is 17.8 Å². The molecule has 1 saturated heterocycles. The molecule has 0 aromatic carbocycles. The van der Waals surface area contributed by atoms with E-state index >= 15 is 4.39 Å². The fourth-order valence-corrected chi connectivity index (χ4v) is 4.13. The maximum absolute atomic E-state index is 15.8. The SMILES string of the molecule is C[C@@H](c1ccc(C(F)(F)F)nc1)C1(F)CCN(C(=O)c2cccnc2-c2ccncc2)CC1. The third kappa shape index (κ3) is 4.72. The molecule has 1 aliphatic heterocycles. The molecule has 1 fully saturated rings. The van der Waals surface area contributed by atoms with E-state index in [-0.39, 0.29) is 31.8 Å². The second-order valence-corrected chi connectivity index (χ2v) is 8.16. The molecular weight excluding hydrogens is 436 g/mol. The van der Waals surface area contributed by atoms with Gasteiger partial charge >= 0.3 is 6.18 Å². The van der Waals surface area contributed by atoms with Gasteiger partial charge in [0.25, 0.3) is 5.91 Å². The molecule has 1 amide bonds. The largest absolute Gasteiger partial charge is 0.433 e. The van der Waals surface area contributed by atoms with Gasteiger partial charge in [-0.05, 0) is 48.7 Å². The van der Waals surface area contributed by atoms with Crippen LogP contribution >= 0.6 is 0 Å². The molecule has 3 aromatic rings. The zero-order valence-electron chi connectivity index (χ0n) is 17.9. The van der Waals surface area contributed by atoms with Crippen molar-refractivity contribution in [1.82, 2.24) is 19.9 Å². The standard InChI is InChI=1S/C24H22F4N4O/c1-16(18-4-5-20(31-15-18)24(26,27)28)23(25)8-13-32(14-9-23)22(33)19-3-2-10-30-21(19)17-6-11-29-12-7-17/h2-7,10-12,15-16H,8-9,13-14H2,1H3/t16-/m0/s1. The maximum Gasteiger partial charge on any atom is 0.433 e. The summed E-state index contributed by atoms with van der Waals surface area (Å²) in [6.45, 7) is 2.03. The van der Waals surface area contributed by atoms with E-state index < -0.39 is 23.5 Å². The summed E-state index contributed by atoms with van der Waals surface area (Å²) >= 11 is 0. The van der Waals surface area contributed by atoms with Gasteiger partial charge in [-0.25, -0.2) is 4.39 Å². The Morgan fingerprint density at radius 1 is 1.03 bits per heavy atom. The van der Waals surface area contributed by atoms with Gasteiger partial charge in [-0.1, -0.05) is 13.0 Å².